The van der Waals surface area contributed by atoms with Crippen LogP contribution in [0.4, 0.5) is 23.7 Å². The highest BCUT2D eigenvalue weighted by Crippen LogP contribution is 2.35. The number of halogens is 3. The highest BCUT2D eigenvalue weighted by atomic mass is 32.2. The molecule has 0 unspecified atom stereocenters. The monoisotopic (exact) mass is 666 g/mol. The van der Waals surface area contributed by atoms with Gasteiger partial charge >= 0.3 is 12.4 Å². The number of aliphatic imine (C=N–C) groups is 1. The van der Waals surface area contributed by atoms with Crippen LogP contribution in [0, 0.1) is 0 Å². The number of alkyl halides is 3. The van der Waals surface area contributed by atoms with Crippen LogP contribution in [-0.2, 0) is 11.2 Å². The van der Waals surface area contributed by atoms with Crippen LogP contribution >= 0.6 is 11.8 Å². The third-order valence-corrected chi connectivity index (χ3v) is 8.19. The minimum absolute atomic E-state index is 0.128. The van der Waals surface area contributed by atoms with E-state index in [0.717, 1.165) is 36.0 Å². The van der Waals surface area contributed by atoms with E-state index >= 15 is 0 Å². The van der Waals surface area contributed by atoms with Crippen LogP contribution in [0.2, 0.25) is 0 Å². The molecule has 1 saturated heterocycles. The van der Waals surface area contributed by atoms with Gasteiger partial charge in [-0.2, -0.15) is 4.99 Å². The first kappa shape index (κ1) is 33.5. The second kappa shape index (κ2) is 14.7. The van der Waals surface area contributed by atoms with Gasteiger partial charge in [0, 0.05) is 12.1 Å². The van der Waals surface area contributed by atoms with E-state index in [1.807, 2.05) is 50.2 Å². The lowest BCUT2D eigenvalue weighted by Gasteiger charge is -2.22. The largest absolute Gasteiger partial charge is 0.573 e. The van der Waals surface area contributed by atoms with E-state index in [9.17, 15) is 22.8 Å². The Labute approximate surface area is 274 Å². The molecule has 1 fully saturated rings. The molecule has 0 bridgehead atoms. The summed E-state index contributed by atoms with van der Waals surface area (Å²) in [6, 6.07) is 18.2. The molecule has 246 valence electrons. The fraction of sp³-hybridized carbons (Fsp3) is 0.303. The maximum Gasteiger partial charge on any atom is 0.573 e. The predicted molar refractivity (Wildman–Crippen MR) is 174 cm³/mol. The number of amides is 3. The average molecular weight is 667 g/mol. The SMILES string of the molecule is COc1ccc(N2C(=O)CS/C2=N\C(=O)NCCCCc2ccc(-c3ncn(-c4ccc(OC(F)(F)F)cc4)n3)cc2)c(C(C)C)c1. The Hall–Kier alpha value is -4.85. The van der Waals surface area contributed by atoms with Crippen LogP contribution < -0.4 is 19.7 Å². The molecule has 1 aliphatic rings. The molecule has 14 heteroatoms. The molecule has 0 radical (unpaired) electrons. The molecule has 0 spiro atoms. The van der Waals surface area contributed by atoms with Crippen LogP contribution in [0.15, 0.2) is 78.0 Å². The smallest absolute Gasteiger partial charge is 0.497 e. The Morgan fingerprint density at radius 2 is 1.77 bits per heavy atom. The number of methoxy groups -OCH3 is 1. The first-order valence-corrected chi connectivity index (χ1v) is 15.9. The maximum atomic E-state index is 12.8. The molecule has 3 aromatic carbocycles. The van der Waals surface area contributed by atoms with Crippen molar-refractivity contribution in [3.8, 4) is 28.6 Å². The highest BCUT2D eigenvalue weighted by Gasteiger charge is 2.33. The van der Waals surface area contributed by atoms with Crippen molar-refractivity contribution in [2.75, 3.05) is 24.3 Å². The summed E-state index contributed by atoms with van der Waals surface area (Å²) < 4.78 is 47.9. The van der Waals surface area contributed by atoms with E-state index < -0.39 is 12.4 Å². The lowest BCUT2D eigenvalue weighted by molar-refractivity contribution is -0.274. The molecular weight excluding hydrogens is 633 g/mol. The number of nitrogens with zero attached hydrogens (tertiary/aromatic N) is 5. The second-order valence-electron chi connectivity index (χ2n) is 10.9. The van der Waals surface area contributed by atoms with Gasteiger partial charge in [-0.15, -0.1) is 18.3 Å². The molecule has 47 heavy (non-hydrogen) atoms. The van der Waals surface area contributed by atoms with Gasteiger partial charge in [-0.1, -0.05) is 49.9 Å². The Morgan fingerprint density at radius 1 is 1.04 bits per heavy atom. The van der Waals surface area contributed by atoms with E-state index in [0.29, 0.717) is 34.7 Å². The summed E-state index contributed by atoms with van der Waals surface area (Å²) in [4.78, 5) is 35.4. The number of carbonyl (C=O) groups excluding carboxylic acids is 2. The van der Waals surface area contributed by atoms with E-state index in [1.165, 1.54) is 51.9 Å². The number of benzene rings is 3. The first-order valence-electron chi connectivity index (χ1n) is 14.9. The zero-order valence-electron chi connectivity index (χ0n) is 26.0. The number of urea groups is 1. The lowest BCUT2D eigenvalue weighted by Crippen LogP contribution is -2.32. The molecule has 0 atom stereocenters. The Kier molecular flexibility index (Phi) is 10.5. The van der Waals surface area contributed by atoms with Gasteiger partial charge in [0.15, 0.2) is 11.0 Å². The molecule has 0 aliphatic carbocycles. The number of unbranched alkanes of at least 4 members (excludes halogenated alkanes) is 1. The Balaban J connectivity index is 1.10. The zero-order valence-corrected chi connectivity index (χ0v) is 26.8. The van der Waals surface area contributed by atoms with Gasteiger partial charge in [-0.25, -0.2) is 14.5 Å². The number of amidine groups is 1. The van der Waals surface area contributed by atoms with Gasteiger partial charge in [-0.3, -0.25) is 9.69 Å². The third kappa shape index (κ3) is 8.70. The Bertz CT molecular complexity index is 1740. The third-order valence-electron chi connectivity index (χ3n) is 7.27. The molecule has 2 heterocycles. The number of rotatable bonds is 11. The van der Waals surface area contributed by atoms with E-state index in [1.54, 1.807) is 13.2 Å². The lowest BCUT2D eigenvalue weighted by atomic mass is 10.00. The summed E-state index contributed by atoms with van der Waals surface area (Å²) >= 11 is 1.24. The number of carbonyl (C=O) groups is 2. The minimum atomic E-state index is -4.75. The van der Waals surface area contributed by atoms with Crippen molar-refractivity contribution in [2.45, 2.75) is 45.4 Å². The number of hydrogen-bond acceptors (Lipinski definition) is 7. The van der Waals surface area contributed by atoms with Crippen molar-refractivity contribution in [1.29, 1.82) is 0 Å². The molecule has 0 saturated carbocycles. The van der Waals surface area contributed by atoms with Crippen molar-refractivity contribution in [3.05, 3.63) is 84.2 Å². The molecule has 1 aliphatic heterocycles. The number of nitrogens with one attached hydrogen (secondary N) is 1. The van der Waals surface area contributed by atoms with Gasteiger partial charge in [0.25, 0.3) is 0 Å². The summed E-state index contributed by atoms with van der Waals surface area (Å²) in [5.74, 6) is 1.07. The predicted octanol–water partition coefficient (Wildman–Crippen LogP) is 7.13. The molecule has 10 nitrogen and oxygen atoms in total. The summed E-state index contributed by atoms with van der Waals surface area (Å²) in [7, 11) is 1.59. The van der Waals surface area contributed by atoms with Crippen LogP contribution in [-0.4, -0.2) is 57.6 Å². The molecule has 5 rings (SSSR count). The number of anilines is 1. The maximum absolute atomic E-state index is 12.8. The first-order chi connectivity index (χ1) is 22.5. The topological polar surface area (TPSA) is 111 Å². The van der Waals surface area contributed by atoms with Gasteiger partial charge < -0.3 is 14.8 Å². The van der Waals surface area contributed by atoms with Crippen molar-refractivity contribution in [3.63, 3.8) is 0 Å². The summed E-state index contributed by atoms with van der Waals surface area (Å²) in [6.45, 7) is 4.51. The molecule has 1 aromatic heterocycles. The van der Waals surface area contributed by atoms with Crippen molar-refractivity contribution in [2.24, 2.45) is 4.99 Å². The minimum Gasteiger partial charge on any atom is -0.497 e. The average Bonchev–Trinajstić information content (AvgIpc) is 3.67. The second-order valence-corrected chi connectivity index (χ2v) is 11.9. The zero-order chi connectivity index (χ0) is 33.6. The Morgan fingerprint density at radius 3 is 2.45 bits per heavy atom. The van der Waals surface area contributed by atoms with Crippen molar-refractivity contribution >= 4 is 34.6 Å². The van der Waals surface area contributed by atoms with Gasteiger partial charge in [0.05, 0.1) is 24.2 Å². The van der Waals surface area contributed by atoms with Crippen LogP contribution in [0.3, 0.4) is 0 Å². The number of aromatic nitrogens is 3. The van der Waals surface area contributed by atoms with Gasteiger partial charge in [0.2, 0.25) is 5.91 Å². The molecule has 4 aromatic rings. The number of hydrogen-bond donors (Lipinski definition) is 1. The number of ether oxygens (including phenoxy) is 2. The number of thioether (sulfide) groups is 1. The van der Waals surface area contributed by atoms with Crippen LogP contribution in [0.5, 0.6) is 11.5 Å². The molecule has 3 amide bonds. The van der Waals surface area contributed by atoms with Gasteiger partial charge in [-0.05, 0) is 78.8 Å². The van der Waals surface area contributed by atoms with Crippen molar-refractivity contribution in [1.82, 2.24) is 20.1 Å². The van der Waals surface area contributed by atoms with Crippen molar-refractivity contribution < 1.29 is 32.2 Å². The van der Waals surface area contributed by atoms with Gasteiger partial charge in [0.1, 0.15) is 17.8 Å². The number of aryl methyl sites for hydroxylation is 1. The van der Waals surface area contributed by atoms with E-state index in [-0.39, 0.29) is 23.3 Å². The highest BCUT2D eigenvalue weighted by molar-refractivity contribution is 8.15. The molecular formula is C33H33F3N6O4S. The summed E-state index contributed by atoms with van der Waals surface area (Å²) in [5, 5.41) is 7.61. The fourth-order valence-electron chi connectivity index (χ4n) is 4.92. The standard InChI is InChI=1S/C33H33F3N6O4S/c1-21(2)27-18-26(45-3)15-16-28(27)42-29(43)19-47-32(42)39-31(44)37-17-5-4-6-22-7-9-23(10-8-22)30-38-20-41(40-30)24-11-13-25(14-12-24)46-33(34,35)36/h7-16,18,20-21H,4-6,17,19H2,1-3H3,(H,37,44)/b39-32-. The summed E-state index contributed by atoms with van der Waals surface area (Å²) in [5.41, 5.74) is 4.07. The van der Waals surface area contributed by atoms with Crippen LogP contribution in [0.1, 0.15) is 43.7 Å². The quantitative estimate of drug-likeness (QED) is 0.170. The van der Waals surface area contributed by atoms with Crippen LogP contribution in [0.25, 0.3) is 17.1 Å². The van der Waals surface area contributed by atoms with E-state index in [4.69, 9.17) is 4.74 Å². The van der Waals surface area contributed by atoms with E-state index in [2.05, 4.69) is 25.1 Å². The summed E-state index contributed by atoms with van der Waals surface area (Å²) in [6.07, 6.45) is -0.891. The molecule has 1 N–H and O–H groups in total. The fourth-order valence-corrected chi connectivity index (χ4v) is 5.78. The normalized spacial score (nSPS) is 14.2.